The van der Waals surface area contributed by atoms with Crippen LogP contribution >= 0.6 is 23.4 Å². The predicted octanol–water partition coefficient (Wildman–Crippen LogP) is 5.84. The quantitative estimate of drug-likeness (QED) is 0.560. The van der Waals surface area contributed by atoms with Crippen LogP contribution in [0.3, 0.4) is 0 Å². The van der Waals surface area contributed by atoms with Gasteiger partial charge in [-0.15, -0.1) is 0 Å². The van der Waals surface area contributed by atoms with E-state index < -0.39 is 11.0 Å². The molecule has 3 aromatic rings. The van der Waals surface area contributed by atoms with Crippen molar-refractivity contribution in [1.82, 2.24) is 5.16 Å². The van der Waals surface area contributed by atoms with Crippen LogP contribution < -0.4 is 0 Å². The minimum absolute atomic E-state index is 0.381. The molecule has 1 heterocycles. The van der Waals surface area contributed by atoms with Crippen molar-refractivity contribution in [3.05, 3.63) is 71.4 Å². The van der Waals surface area contributed by atoms with E-state index in [4.69, 9.17) is 16.1 Å². The summed E-state index contributed by atoms with van der Waals surface area (Å²) in [7, 11) is 0. The third kappa shape index (κ3) is 3.31. The lowest BCUT2D eigenvalue weighted by Gasteiger charge is -2.11. The minimum atomic E-state index is -3.21. The van der Waals surface area contributed by atoms with Crippen molar-refractivity contribution in [2.24, 2.45) is 0 Å². The van der Waals surface area contributed by atoms with Crippen molar-refractivity contribution in [3.63, 3.8) is 0 Å². The fourth-order valence-electron chi connectivity index (χ4n) is 1.86. The number of hydrogen-bond acceptors (Lipinski definition) is 3. The van der Waals surface area contributed by atoms with Gasteiger partial charge in [-0.25, -0.2) is 0 Å². The maximum atomic E-state index is 14.3. The fraction of sp³-hybridized carbons (Fsp3) is 0.0625. The molecule has 0 amide bonds. The lowest BCUT2D eigenvalue weighted by atomic mass is 10.1. The maximum Gasteiger partial charge on any atom is 0.357 e. The molecule has 2 aromatic carbocycles. The zero-order valence-corrected chi connectivity index (χ0v) is 12.7. The summed E-state index contributed by atoms with van der Waals surface area (Å²) >= 11 is 6.14. The first-order valence-electron chi connectivity index (χ1n) is 6.39. The molecule has 0 radical (unpaired) electrons. The van der Waals surface area contributed by atoms with Crippen LogP contribution in [0.5, 0.6) is 0 Å². The number of halogens is 3. The second kappa shape index (κ2) is 6.10. The molecule has 1 aromatic heterocycles. The largest absolute Gasteiger partial charge is 0.357 e. The first-order chi connectivity index (χ1) is 10.5. The summed E-state index contributed by atoms with van der Waals surface area (Å²) in [5, 5.41) is 1.00. The number of aromatic nitrogens is 1. The summed E-state index contributed by atoms with van der Waals surface area (Å²) in [5.41, 5.74) is 1.11. The summed E-state index contributed by atoms with van der Waals surface area (Å²) in [6, 6.07) is 16.5. The normalized spacial score (nSPS) is 11.6. The molecule has 0 fully saturated rings. The molecule has 6 heteroatoms. The molecule has 2 nitrogen and oxygen atoms in total. The van der Waals surface area contributed by atoms with Gasteiger partial charge >= 0.3 is 5.25 Å². The van der Waals surface area contributed by atoms with Gasteiger partial charge in [0, 0.05) is 21.5 Å². The monoisotopic (exact) mass is 337 g/mol. The van der Waals surface area contributed by atoms with E-state index >= 15 is 0 Å². The van der Waals surface area contributed by atoms with Gasteiger partial charge in [0.25, 0.3) is 0 Å². The lowest BCUT2D eigenvalue weighted by molar-refractivity contribution is 0.0702. The summed E-state index contributed by atoms with van der Waals surface area (Å²) in [6.07, 6.45) is 0. The third-order valence-corrected chi connectivity index (χ3v) is 4.14. The standard InChI is InChI=1S/C16H10ClF2NOS/c17-12-6-8-13(9-7-12)22-16(18,19)15-10-14(20-21-15)11-4-2-1-3-5-11/h1-10H. The van der Waals surface area contributed by atoms with Gasteiger partial charge in [0.15, 0.2) is 0 Å². The average Bonchev–Trinajstić information content (AvgIpc) is 3.01. The van der Waals surface area contributed by atoms with Crippen LogP contribution in [0.1, 0.15) is 5.76 Å². The highest BCUT2D eigenvalue weighted by molar-refractivity contribution is 8.00. The number of thioether (sulfide) groups is 1. The summed E-state index contributed by atoms with van der Waals surface area (Å²) in [5.74, 6) is -0.480. The Morgan fingerprint density at radius 1 is 1.00 bits per heavy atom. The maximum absolute atomic E-state index is 14.3. The van der Waals surface area contributed by atoms with E-state index in [1.54, 1.807) is 24.3 Å². The highest BCUT2D eigenvalue weighted by Gasteiger charge is 2.38. The molecule has 0 saturated carbocycles. The average molecular weight is 338 g/mol. The highest BCUT2D eigenvalue weighted by Crippen LogP contribution is 2.45. The van der Waals surface area contributed by atoms with Crippen LogP contribution in [0.2, 0.25) is 5.02 Å². The van der Waals surface area contributed by atoms with Crippen LogP contribution in [0.25, 0.3) is 11.3 Å². The van der Waals surface area contributed by atoms with Crippen LogP contribution in [-0.2, 0) is 5.25 Å². The van der Waals surface area contributed by atoms with Gasteiger partial charge in [0.05, 0.1) is 0 Å². The Hall–Kier alpha value is -1.85. The van der Waals surface area contributed by atoms with Crippen molar-refractivity contribution in [3.8, 4) is 11.3 Å². The van der Waals surface area contributed by atoms with Gasteiger partial charge in [0.2, 0.25) is 5.76 Å². The van der Waals surface area contributed by atoms with E-state index in [1.165, 1.54) is 18.2 Å². The molecular formula is C16H10ClF2NOS. The summed E-state index contributed by atoms with van der Waals surface area (Å²) < 4.78 is 33.4. The van der Waals surface area contributed by atoms with Crippen LogP contribution in [0.4, 0.5) is 8.78 Å². The van der Waals surface area contributed by atoms with Crippen LogP contribution in [0.15, 0.2) is 70.1 Å². The molecule has 0 bridgehead atoms. The molecule has 3 rings (SSSR count). The first kappa shape index (κ1) is 15.1. The Bertz CT molecular complexity index is 759. The molecule has 0 aliphatic heterocycles. The molecule has 0 spiro atoms. The predicted molar refractivity (Wildman–Crippen MR) is 83.1 cm³/mol. The Balaban J connectivity index is 1.83. The molecule has 0 aliphatic rings. The highest BCUT2D eigenvalue weighted by atomic mass is 35.5. The van der Waals surface area contributed by atoms with Crippen molar-refractivity contribution in [2.75, 3.05) is 0 Å². The summed E-state index contributed by atoms with van der Waals surface area (Å²) in [6.45, 7) is 0. The van der Waals surface area contributed by atoms with Gasteiger partial charge < -0.3 is 4.52 Å². The first-order valence-corrected chi connectivity index (χ1v) is 7.59. The zero-order valence-electron chi connectivity index (χ0n) is 11.2. The summed E-state index contributed by atoms with van der Waals surface area (Å²) in [4.78, 5) is 0.395. The molecule has 0 N–H and O–H groups in total. The van der Waals surface area contributed by atoms with Crippen LogP contribution in [0, 0.1) is 0 Å². The van der Waals surface area contributed by atoms with Crippen LogP contribution in [-0.4, -0.2) is 5.16 Å². The minimum Gasteiger partial charge on any atom is -0.353 e. The van der Waals surface area contributed by atoms with Gasteiger partial charge in [-0.05, 0) is 36.0 Å². The molecule has 22 heavy (non-hydrogen) atoms. The number of nitrogens with zero attached hydrogens (tertiary/aromatic N) is 1. The van der Waals surface area contributed by atoms with Gasteiger partial charge in [-0.3, -0.25) is 0 Å². The molecule has 0 aliphatic carbocycles. The lowest BCUT2D eigenvalue weighted by Crippen LogP contribution is -2.06. The second-order valence-electron chi connectivity index (χ2n) is 4.52. The van der Waals surface area contributed by atoms with Gasteiger partial charge in [0.1, 0.15) is 5.69 Å². The number of benzene rings is 2. The molecule has 0 unspecified atom stereocenters. The van der Waals surface area contributed by atoms with E-state index in [2.05, 4.69) is 5.16 Å². The second-order valence-corrected chi connectivity index (χ2v) is 6.14. The van der Waals surface area contributed by atoms with Crippen molar-refractivity contribution in [1.29, 1.82) is 0 Å². The Morgan fingerprint density at radius 3 is 2.36 bits per heavy atom. The van der Waals surface area contributed by atoms with E-state index in [0.29, 0.717) is 27.4 Å². The van der Waals surface area contributed by atoms with E-state index in [-0.39, 0.29) is 0 Å². The van der Waals surface area contributed by atoms with Gasteiger partial charge in [-0.2, -0.15) is 8.78 Å². The fourth-order valence-corrected chi connectivity index (χ4v) is 2.75. The Morgan fingerprint density at radius 2 is 1.68 bits per heavy atom. The smallest absolute Gasteiger partial charge is 0.353 e. The number of alkyl halides is 2. The molecule has 0 saturated heterocycles. The van der Waals surface area contributed by atoms with E-state index in [1.807, 2.05) is 18.2 Å². The van der Waals surface area contributed by atoms with E-state index in [0.717, 1.165) is 5.56 Å². The molecule has 112 valence electrons. The van der Waals surface area contributed by atoms with Crippen molar-refractivity contribution in [2.45, 2.75) is 10.2 Å². The third-order valence-electron chi connectivity index (χ3n) is 2.93. The molecule has 0 atom stereocenters. The zero-order chi connectivity index (χ0) is 15.6. The number of rotatable bonds is 4. The SMILES string of the molecule is FC(F)(Sc1ccc(Cl)cc1)c1cc(-c2ccccc2)no1. The topological polar surface area (TPSA) is 26.0 Å². The van der Waals surface area contributed by atoms with Crippen molar-refractivity contribution >= 4 is 23.4 Å². The van der Waals surface area contributed by atoms with E-state index in [9.17, 15) is 8.78 Å². The number of hydrogen-bond donors (Lipinski definition) is 0. The Labute approximate surface area is 135 Å². The molecular weight excluding hydrogens is 328 g/mol. The Kier molecular flexibility index (Phi) is 4.18. The van der Waals surface area contributed by atoms with Crippen molar-refractivity contribution < 1.29 is 13.3 Å². The van der Waals surface area contributed by atoms with Gasteiger partial charge in [-0.1, -0.05) is 47.1 Å².